The first kappa shape index (κ1) is 15.2. The van der Waals surface area contributed by atoms with Crippen molar-refractivity contribution in [3.8, 4) is 0 Å². The number of hydrogen-bond donors (Lipinski definition) is 2. The molecule has 1 heterocycles. The second-order valence-corrected chi connectivity index (χ2v) is 5.19. The molecule has 5 heteroatoms. The Labute approximate surface area is 124 Å². The number of benzene rings is 1. The summed E-state index contributed by atoms with van der Waals surface area (Å²) in [4.78, 5) is 4.45. The first-order chi connectivity index (χ1) is 9.67. The number of halogens is 1. The minimum atomic E-state index is 0.0299. The van der Waals surface area contributed by atoms with Crippen LogP contribution in [0.1, 0.15) is 18.5 Å². The molecule has 1 aromatic carbocycles. The normalized spacial score (nSPS) is 14.4. The minimum absolute atomic E-state index is 0.0299. The monoisotopic (exact) mass is 293 g/mol. The third-order valence-electron chi connectivity index (χ3n) is 3.41. The summed E-state index contributed by atoms with van der Waals surface area (Å²) in [5.41, 5.74) is 7.86. The molecule has 108 valence electrons. The maximum atomic E-state index is 6.22. The molecule has 0 aliphatic rings. The van der Waals surface area contributed by atoms with E-state index in [4.69, 9.17) is 22.1 Å². The van der Waals surface area contributed by atoms with Crippen LogP contribution in [0.5, 0.6) is 0 Å². The van der Waals surface area contributed by atoms with E-state index in [2.05, 4.69) is 10.3 Å². The van der Waals surface area contributed by atoms with Crippen LogP contribution in [0.15, 0.2) is 30.5 Å². The van der Waals surface area contributed by atoms with Gasteiger partial charge in [-0.05, 0) is 30.7 Å². The fourth-order valence-corrected chi connectivity index (χ4v) is 2.37. The van der Waals surface area contributed by atoms with Crippen molar-refractivity contribution in [2.24, 2.45) is 5.73 Å². The van der Waals surface area contributed by atoms with E-state index in [0.717, 1.165) is 23.0 Å². The van der Waals surface area contributed by atoms with Crippen LogP contribution in [-0.4, -0.2) is 31.3 Å². The number of fused-ring (bicyclic) bond motifs is 1. The lowest BCUT2D eigenvalue weighted by Gasteiger charge is -2.21. The Bertz CT molecular complexity index is 576. The van der Waals surface area contributed by atoms with E-state index in [1.54, 1.807) is 13.3 Å². The van der Waals surface area contributed by atoms with Crippen LogP contribution in [0.3, 0.4) is 0 Å². The van der Waals surface area contributed by atoms with Crippen LogP contribution in [0.25, 0.3) is 10.9 Å². The van der Waals surface area contributed by atoms with E-state index in [0.29, 0.717) is 11.6 Å². The summed E-state index contributed by atoms with van der Waals surface area (Å²) < 4.78 is 5.25. The molecular weight excluding hydrogens is 274 g/mol. The molecule has 0 aliphatic heterocycles. The number of nitrogens with zero attached hydrogens (tertiary/aromatic N) is 1. The van der Waals surface area contributed by atoms with Crippen LogP contribution in [-0.2, 0) is 4.74 Å². The van der Waals surface area contributed by atoms with Crippen molar-refractivity contribution >= 4 is 22.5 Å². The van der Waals surface area contributed by atoms with Gasteiger partial charge in [-0.3, -0.25) is 4.98 Å². The van der Waals surface area contributed by atoms with Gasteiger partial charge in [-0.25, -0.2) is 0 Å². The maximum absolute atomic E-state index is 6.22. The van der Waals surface area contributed by atoms with Crippen molar-refractivity contribution in [2.45, 2.75) is 19.1 Å². The first-order valence-electron chi connectivity index (χ1n) is 6.66. The fraction of sp³-hybridized carbons (Fsp3) is 0.400. The van der Waals surface area contributed by atoms with Crippen molar-refractivity contribution in [1.29, 1.82) is 0 Å². The van der Waals surface area contributed by atoms with Crippen LogP contribution in [0.2, 0.25) is 5.02 Å². The van der Waals surface area contributed by atoms with Crippen molar-refractivity contribution in [2.75, 3.05) is 20.2 Å². The molecule has 2 aromatic rings. The molecule has 2 unspecified atom stereocenters. The van der Waals surface area contributed by atoms with Gasteiger partial charge in [0.05, 0.1) is 11.6 Å². The van der Waals surface area contributed by atoms with Gasteiger partial charge in [-0.15, -0.1) is 0 Å². The molecule has 0 amide bonds. The topological polar surface area (TPSA) is 60.2 Å². The van der Waals surface area contributed by atoms with Crippen LogP contribution < -0.4 is 11.1 Å². The van der Waals surface area contributed by atoms with Crippen LogP contribution in [0, 0.1) is 0 Å². The highest BCUT2D eigenvalue weighted by Gasteiger charge is 2.15. The van der Waals surface area contributed by atoms with Gasteiger partial charge in [0.2, 0.25) is 0 Å². The van der Waals surface area contributed by atoms with Gasteiger partial charge in [0.25, 0.3) is 0 Å². The number of nitrogens with two attached hydrogens (primary N) is 1. The molecule has 2 atom stereocenters. The zero-order valence-corrected chi connectivity index (χ0v) is 12.5. The van der Waals surface area contributed by atoms with Crippen LogP contribution in [0.4, 0.5) is 0 Å². The van der Waals surface area contributed by atoms with Gasteiger partial charge in [0.1, 0.15) is 0 Å². The summed E-state index contributed by atoms with van der Waals surface area (Å²) in [7, 11) is 1.70. The fourth-order valence-electron chi connectivity index (χ4n) is 2.15. The molecule has 0 radical (unpaired) electrons. The van der Waals surface area contributed by atoms with Crippen LogP contribution >= 0.6 is 11.6 Å². The minimum Gasteiger partial charge on any atom is -0.380 e. The number of methoxy groups -OCH3 is 1. The molecule has 2 rings (SSSR count). The molecule has 0 saturated heterocycles. The zero-order valence-electron chi connectivity index (χ0n) is 11.8. The van der Waals surface area contributed by atoms with Crippen molar-refractivity contribution in [3.05, 3.63) is 41.0 Å². The molecule has 1 aromatic heterocycles. The molecule has 0 fully saturated rings. The Hall–Kier alpha value is -1.20. The number of rotatable bonds is 6. The lowest BCUT2D eigenvalue weighted by molar-refractivity contribution is 0.114. The lowest BCUT2D eigenvalue weighted by atomic mass is 10.0. The third-order valence-corrected chi connectivity index (χ3v) is 3.74. The highest BCUT2D eigenvalue weighted by atomic mass is 35.5. The molecule has 0 saturated carbocycles. The number of hydrogen-bond acceptors (Lipinski definition) is 4. The highest BCUT2D eigenvalue weighted by molar-refractivity contribution is 6.35. The van der Waals surface area contributed by atoms with Gasteiger partial charge < -0.3 is 15.8 Å². The second kappa shape index (κ2) is 6.99. The number of nitrogens with one attached hydrogen (secondary N) is 1. The predicted octanol–water partition coefficient (Wildman–Crippen LogP) is 2.51. The van der Waals surface area contributed by atoms with Crippen molar-refractivity contribution < 1.29 is 4.74 Å². The van der Waals surface area contributed by atoms with Gasteiger partial charge >= 0.3 is 0 Å². The Morgan fingerprint density at radius 2 is 2.20 bits per heavy atom. The standard InChI is InChI=1S/C15H20ClN3O/c1-10(20-2)9-19-14(8-17)12-5-6-13(16)11-4-3-7-18-15(11)12/h3-7,10,14,19H,8-9,17H2,1-2H3. The Kier molecular flexibility index (Phi) is 5.31. The van der Waals surface area contributed by atoms with Gasteiger partial charge in [-0.2, -0.15) is 0 Å². The van der Waals surface area contributed by atoms with E-state index in [1.165, 1.54) is 0 Å². The van der Waals surface area contributed by atoms with E-state index in [-0.39, 0.29) is 12.1 Å². The smallest absolute Gasteiger partial charge is 0.0765 e. The van der Waals surface area contributed by atoms with Gasteiger partial charge in [0.15, 0.2) is 0 Å². The SMILES string of the molecule is COC(C)CNC(CN)c1ccc(Cl)c2cccnc12. The Morgan fingerprint density at radius 1 is 1.40 bits per heavy atom. The zero-order chi connectivity index (χ0) is 14.5. The molecular formula is C15H20ClN3O. The number of aromatic nitrogens is 1. The lowest BCUT2D eigenvalue weighted by Crippen LogP contribution is -2.34. The molecule has 4 nitrogen and oxygen atoms in total. The Morgan fingerprint density at radius 3 is 2.90 bits per heavy atom. The second-order valence-electron chi connectivity index (χ2n) is 4.78. The van der Waals surface area contributed by atoms with Gasteiger partial charge in [-0.1, -0.05) is 17.7 Å². The maximum Gasteiger partial charge on any atom is 0.0765 e. The quantitative estimate of drug-likeness (QED) is 0.859. The molecule has 0 bridgehead atoms. The summed E-state index contributed by atoms with van der Waals surface area (Å²) >= 11 is 6.22. The third kappa shape index (κ3) is 3.27. The highest BCUT2D eigenvalue weighted by Crippen LogP contribution is 2.28. The molecule has 0 aliphatic carbocycles. The first-order valence-corrected chi connectivity index (χ1v) is 7.04. The number of pyridine rings is 1. The summed E-state index contributed by atoms with van der Waals surface area (Å²) in [6.07, 6.45) is 1.91. The summed E-state index contributed by atoms with van der Waals surface area (Å²) in [6, 6.07) is 7.77. The largest absolute Gasteiger partial charge is 0.380 e. The molecule has 3 N–H and O–H groups in total. The average molecular weight is 294 g/mol. The van der Waals surface area contributed by atoms with E-state index < -0.39 is 0 Å². The van der Waals surface area contributed by atoms with E-state index in [1.807, 2.05) is 31.2 Å². The van der Waals surface area contributed by atoms with E-state index >= 15 is 0 Å². The van der Waals surface area contributed by atoms with Gasteiger partial charge in [0, 0.05) is 42.8 Å². The molecule has 0 spiro atoms. The van der Waals surface area contributed by atoms with Crippen molar-refractivity contribution in [1.82, 2.24) is 10.3 Å². The molecule has 20 heavy (non-hydrogen) atoms. The summed E-state index contributed by atoms with van der Waals surface area (Å²) in [6.45, 7) is 3.23. The Balaban J connectivity index is 2.32. The average Bonchev–Trinajstić information content (AvgIpc) is 2.49. The van der Waals surface area contributed by atoms with Crippen molar-refractivity contribution in [3.63, 3.8) is 0 Å². The number of ether oxygens (including phenoxy) is 1. The predicted molar refractivity (Wildman–Crippen MR) is 83.0 cm³/mol. The van der Waals surface area contributed by atoms with E-state index in [9.17, 15) is 0 Å². The summed E-state index contributed by atoms with van der Waals surface area (Å²) in [5.74, 6) is 0. The summed E-state index contributed by atoms with van der Waals surface area (Å²) in [5, 5.41) is 5.07.